The van der Waals surface area contributed by atoms with Gasteiger partial charge in [0.05, 0.1) is 0 Å². The van der Waals surface area contributed by atoms with Crippen LogP contribution in [0.2, 0.25) is 5.02 Å². The van der Waals surface area contributed by atoms with Gasteiger partial charge in [-0.3, -0.25) is 4.79 Å². The second-order valence-corrected chi connectivity index (χ2v) is 6.59. The number of ether oxygens (including phenoxy) is 1. The van der Waals surface area contributed by atoms with E-state index in [1.165, 1.54) is 0 Å². The number of carbonyl (C=O) groups is 1. The first-order valence-corrected chi connectivity index (χ1v) is 8.83. The molecule has 1 aromatic heterocycles. The average Bonchev–Trinajstić information content (AvgIpc) is 3.14. The third kappa shape index (κ3) is 4.70. The highest BCUT2D eigenvalue weighted by Gasteiger charge is 2.08. The van der Waals surface area contributed by atoms with Crippen LogP contribution in [0.25, 0.3) is 11.3 Å². The zero-order chi connectivity index (χ0) is 19.4. The zero-order valence-corrected chi connectivity index (χ0v) is 15.8. The van der Waals surface area contributed by atoms with Crippen molar-refractivity contribution >= 4 is 23.2 Å². The number of hydrogen-bond acceptors (Lipinski definition) is 4. The van der Waals surface area contributed by atoms with Crippen LogP contribution in [0.3, 0.4) is 0 Å². The number of anilines is 1. The van der Waals surface area contributed by atoms with Crippen molar-refractivity contribution in [2.45, 2.75) is 20.5 Å². The molecule has 6 heteroatoms. The van der Waals surface area contributed by atoms with E-state index in [2.05, 4.69) is 5.32 Å². The number of aryl methyl sites for hydroxylation is 2. The molecule has 140 valence electrons. The Kier molecular flexibility index (Phi) is 5.84. The van der Waals surface area contributed by atoms with E-state index in [1.54, 1.807) is 36.4 Å². The molecule has 0 aliphatic carbocycles. The van der Waals surface area contributed by atoms with Crippen LogP contribution in [0.1, 0.15) is 16.9 Å². The topological polar surface area (TPSA) is 71.7 Å². The first-order chi connectivity index (χ1) is 13.0. The Morgan fingerprint density at radius 1 is 1.11 bits per heavy atom. The highest BCUT2D eigenvalue weighted by molar-refractivity contribution is 6.32. The fourth-order valence-corrected chi connectivity index (χ4v) is 2.78. The average molecular weight is 386 g/mol. The van der Waals surface area contributed by atoms with Crippen molar-refractivity contribution < 1.29 is 19.1 Å². The molecular weight excluding hydrogens is 366 g/mol. The normalized spacial score (nSPS) is 10.7. The van der Waals surface area contributed by atoms with Crippen LogP contribution in [-0.4, -0.2) is 17.6 Å². The number of carbonyl (C=O) groups excluding carboxylic acids is 1. The summed E-state index contributed by atoms with van der Waals surface area (Å²) in [6.45, 7) is 3.56. The third-order valence-electron chi connectivity index (χ3n) is 4.05. The third-order valence-corrected chi connectivity index (χ3v) is 4.65. The fraction of sp³-hybridized carbons (Fsp3) is 0.190. The summed E-state index contributed by atoms with van der Waals surface area (Å²) in [6.07, 6.45) is 0. The highest BCUT2D eigenvalue weighted by atomic mass is 35.5. The molecule has 0 fully saturated rings. The van der Waals surface area contributed by atoms with Crippen molar-refractivity contribution in [3.05, 3.63) is 70.4 Å². The molecule has 5 nitrogen and oxygen atoms in total. The van der Waals surface area contributed by atoms with Gasteiger partial charge in [-0.2, -0.15) is 0 Å². The molecule has 0 aliphatic heterocycles. The van der Waals surface area contributed by atoms with Crippen LogP contribution in [0.5, 0.6) is 5.75 Å². The van der Waals surface area contributed by atoms with Gasteiger partial charge in [0.2, 0.25) is 0 Å². The van der Waals surface area contributed by atoms with Crippen molar-refractivity contribution in [2.75, 3.05) is 11.9 Å². The summed E-state index contributed by atoms with van der Waals surface area (Å²) < 4.78 is 11.0. The van der Waals surface area contributed by atoms with Gasteiger partial charge in [-0.1, -0.05) is 11.6 Å². The van der Waals surface area contributed by atoms with Gasteiger partial charge in [0.15, 0.2) is 6.61 Å². The predicted molar refractivity (Wildman–Crippen MR) is 105 cm³/mol. The Labute approximate surface area is 162 Å². The SMILES string of the molecule is Cc1cc(OCC(=O)Nc2ccc(-c3ccc(CO)o3)cc2)cc(C)c1Cl. The number of aliphatic hydroxyl groups is 1. The number of aliphatic hydroxyl groups excluding tert-OH is 1. The van der Waals surface area contributed by atoms with E-state index in [0.29, 0.717) is 28.0 Å². The van der Waals surface area contributed by atoms with E-state index < -0.39 is 0 Å². The molecule has 0 aliphatic rings. The second kappa shape index (κ2) is 8.29. The summed E-state index contributed by atoms with van der Waals surface area (Å²) in [5.74, 6) is 1.52. The van der Waals surface area contributed by atoms with Gasteiger partial charge >= 0.3 is 0 Å². The second-order valence-electron chi connectivity index (χ2n) is 6.21. The molecule has 27 heavy (non-hydrogen) atoms. The predicted octanol–water partition coefficient (Wildman–Crippen LogP) is 4.73. The van der Waals surface area contributed by atoms with Gasteiger partial charge < -0.3 is 19.6 Å². The van der Waals surface area contributed by atoms with Gasteiger partial charge in [-0.25, -0.2) is 0 Å². The molecule has 1 heterocycles. The van der Waals surface area contributed by atoms with E-state index in [1.807, 2.05) is 26.0 Å². The number of nitrogens with one attached hydrogen (secondary N) is 1. The Hall–Kier alpha value is -2.76. The monoisotopic (exact) mass is 385 g/mol. The van der Waals surface area contributed by atoms with Crippen molar-refractivity contribution in [2.24, 2.45) is 0 Å². The lowest BCUT2D eigenvalue weighted by molar-refractivity contribution is -0.118. The van der Waals surface area contributed by atoms with Crippen molar-refractivity contribution in [3.63, 3.8) is 0 Å². The van der Waals surface area contributed by atoms with E-state index >= 15 is 0 Å². The smallest absolute Gasteiger partial charge is 0.262 e. The first-order valence-electron chi connectivity index (χ1n) is 8.45. The number of benzene rings is 2. The maximum absolute atomic E-state index is 12.1. The standard InChI is InChI=1S/C21H20ClNO4/c1-13-9-18(10-14(2)21(13)22)26-12-20(25)23-16-5-3-15(4-6-16)19-8-7-17(11-24)27-19/h3-10,24H,11-12H2,1-2H3,(H,23,25). The van der Waals surface area contributed by atoms with Crippen LogP contribution in [0.4, 0.5) is 5.69 Å². The number of rotatable bonds is 6. The first kappa shape index (κ1) is 19.0. The molecule has 0 atom stereocenters. The summed E-state index contributed by atoms with van der Waals surface area (Å²) in [6, 6.07) is 14.4. The molecule has 0 saturated heterocycles. The van der Waals surface area contributed by atoms with Crippen LogP contribution < -0.4 is 10.1 Å². The van der Waals surface area contributed by atoms with Gasteiger partial charge in [-0.15, -0.1) is 0 Å². The minimum Gasteiger partial charge on any atom is -0.484 e. The van der Waals surface area contributed by atoms with Crippen molar-refractivity contribution in [3.8, 4) is 17.1 Å². The molecule has 0 spiro atoms. The minimum atomic E-state index is -0.256. The van der Waals surface area contributed by atoms with Gasteiger partial charge in [0, 0.05) is 16.3 Å². The minimum absolute atomic E-state index is 0.0969. The Balaban J connectivity index is 1.58. The van der Waals surface area contributed by atoms with Crippen molar-refractivity contribution in [1.82, 2.24) is 0 Å². The quantitative estimate of drug-likeness (QED) is 0.643. The lowest BCUT2D eigenvalue weighted by Gasteiger charge is -2.10. The van der Waals surface area contributed by atoms with Crippen LogP contribution in [0, 0.1) is 13.8 Å². The van der Waals surface area contributed by atoms with Gasteiger partial charge in [-0.05, 0) is 73.5 Å². The van der Waals surface area contributed by atoms with E-state index in [-0.39, 0.29) is 19.1 Å². The fourth-order valence-electron chi connectivity index (χ4n) is 2.67. The summed E-state index contributed by atoms with van der Waals surface area (Å²) >= 11 is 6.13. The van der Waals surface area contributed by atoms with Gasteiger partial charge in [0.25, 0.3) is 5.91 Å². The molecular formula is C21H20ClNO4. The molecule has 0 saturated carbocycles. The Morgan fingerprint density at radius 3 is 2.37 bits per heavy atom. The summed E-state index contributed by atoms with van der Waals surface area (Å²) in [4.78, 5) is 12.1. The van der Waals surface area contributed by atoms with Crippen molar-refractivity contribution in [1.29, 1.82) is 0 Å². The van der Waals surface area contributed by atoms with E-state index in [4.69, 9.17) is 25.9 Å². The maximum atomic E-state index is 12.1. The maximum Gasteiger partial charge on any atom is 0.262 e. The molecule has 3 aromatic rings. The number of halogens is 1. The molecule has 3 rings (SSSR count). The highest BCUT2D eigenvalue weighted by Crippen LogP contribution is 2.26. The number of amides is 1. The zero-order valence-electron chi connectivity index (χ0n) is 15.1. The molecule has 2 N–H and O–H groups in total. The van der Waals surface area contributed by atoms with E-state index in [0.717, 1.165) is 16.7 Å². The molecule has 0 bridgehead atoms. The summed E-state index contributed by atoms with van der Waals surface area (Å²) in [7, 11) is 0. The van der Waals surface area contributed by atoms with Gasteiger partial charge in [0.1, 0.15) is 23.9 Å². The molecule has 0 radical (unpaired) electrons. The lowest BCUT2D eigenvalue weighted by atomic mass is 10.1. The molecule has 1 amide bonds. The Morgan fingerprint density at radius 2 is 1.78 bits per heavy atom. The van der Waals surface area contributed by atoms with Crippen LogP contribution in [-0.2, 0) is 11.4 Å². The molecule has 2 aromatic carbocycles. The number of hydrogen-bond donors (Lipinski definition) is 2. The summed E-state index contributed by atoms with van der Waals surface area (Å²) in [5, 5.41) is 12.5. The largest absolute Gasteiger partial charge is 0.484 e. The van der Waals surface area contributed by atoms with E-state index in [9.17, 15) is 4.79 Å². The summed E-state index contributed by atoms with van der Waals surface area (Å²) in [5.41, 5.74) is 3.33. The Bertz CT molecular complexity index is 924. The van der Waals surface area contributed by atoms with Crippen LogP contribution >= 0.6 is 11.6 Å². The number of furan rings is 1. The molecule has 0 unspecified atom stereocenters. The van der Waals surface area contributed by atoms with Crippen LogP contribution in [0.15, 0.2) is 52.9 Å². The lowest BCUT2D eigenvalue weighted by Crippen LogP contribution is -2.20.